The Balaban J connectivity index is 2.58. The van der Waals surface area contributed by atoms with Gasteiger partial charge in [-0.25, -0.2) is 0 Å². The van der Waals surface area contributed by atoms with E-state index >= 15 is 0 Å². The molecule has 1 saturated heterocycles. The minimum atomic E-state index is -0.287. The molecule has 1 aromatic heterocycles. The molecule has 0 aliphatic carbocycles. The zero-order valence-electron chi connectivity index (χ0n) is 19.2. The lowest BCUT2D eigenvalue weighted by Gasteiger charge is -2.28. The SMILES string of the molecule is CCCCCCN1C(=O)/C(=C/c2c(C)c(C#N)c(=O)n(CC)c2N(CC)CC)SC1=S. The van der Waals surface area contributed by atoms with Crippen LogP contribution in [0.25, 0.3) is 6.08 Å². The largest absolute Gasteiger partial charge is 0.358 e. The van der Waals surface area contributed by atoms with Crippen molar-refractivity contribution in [2.24, 2.45) is 0 Å². The molecule has 31 heavy (non-hydrogen) atoms. The van der Waals surface area contributed by atoms with E-state index in [1.807, 2.05) is 26.8 Å². The van der Waals surface area contributed by atoms with Crippen LogP contribution in [0.15, 0.2) is 9.70 Å². The van der Waals surface area contributed by atoms with Crippen LogP contribution in [0.1, 0.15) is 70.1 Å². The number of hydrogen-bond donors (Lipinski definition) is 0. The van der Waals surface area contributed by atoms with Crippen molar-refractivity contribution >= 4 is 46.1 Å². The fourth-order valence-electron chi connectivity index (χ4n) is 3.82. The molecule has 0 aromatic carbocycles. The van der Waals surface area contributed by atoms with Crippen LogP contribution in [-0.4, -0.2) is 39.3 Å². The standard InChI is InChI=1S/C23H32N4O2S2/c1-6-10-11-12-13-27-22(29)19(31-23(27)30)14-17-16(5)18(15-24)21(28)26(9-4)20(17)25(7-2)8-3/h14H,6-13H2,1-5H3/b19-14-. The van der Waals surface area contributed by atoms with Crippen molar-refractivity contribution in [2.45, 2.75) is 66.8 Å². The lowest BCUT2D eigenvalue weighted by molar-refractivity contribution is -0.122. The van der Waals surface area contributed by atoms with Gasteiger partial charge in [-0.05, 0) is 45.8 Å². The Morgan fingerprint density at radius 1 is 1.13 bits per heavy atom. The second-order valence-corrected chi connectivity index (χ2v) is 9.14. The summed E-state index contributed by atoms with van der Waals surface area (Å²) in [5.41, 5.74) is 1.18. The first-order chi connectivity index (χ1) is 14.9. The Morgan fingerprint density at radius 2 is 1.81 bits per heavy atom. The van der Waals surface area contributed by atoms with E-state index in [2.05, 4.69) is 17.9 Å². The second kappa shape index (κ2) is 11.5. The zero-order valence-corrected chi connectivity index (χ0v) is 20.8. The minimum Gasteiger partial charge on any atom is -0.358 e. The van der Waals surface area contributed by atoms with E-state index in [0.717, 1.165) is 37.1 Å². The van der Waals surface area contributed by atoms with Crippen molar-refractivity contribution < 1.29 is 4.79 Å². The molecule has 168 valence electrons. The van der Waals surface area contributed by atoms with Gasteiger partial charge in [0.15, 0.2) is 0 Å². The predicted octanol–water partition coefficient (Wildman–Crippen LogP) is 4.68. The van der Waals surface area contributed by atoms with E-state index in [9.17, 15) is 14.9 Å². The number of pyridine rings is 1. The number of anilines is 1. The fourth-order valence-corrected chi connectivity index (χ4v) is 5.11. The Hall–Kier alpha value is -2.11. The quantitative estimate of drug-likeness (QED) is 0.287. The van der Waals surface area contributed by atoms with Crippen LogP contribution in [0.4, 0.5) is 5.82 Å². The first-order valence-corrected chi connectivity index (χ1v) is 12.3. The molecule has 0 atom stereocenters. The summed E-state index contributed by atoms with van der Waals surface area (Å²) in [5, 5.41) is 9.63. The Morgan fingerprint density at radius 3 is 2.35 bits per heavy atom. The molecule has 0 saturated carbocycles. The molecule has 0 spiro atoms. The summed E-state index contributed by atoms with van der Waals surface area (Å²) in [6.07, 6.45) is 6.11. The maximum Gasteiger partial charge on any atom is 0.270 e. The van der Waals surface area contributed by atoms with Crippen molar-refractivity contribution in [1.29, 1.82) is 5.26 Å². The average Bonchev–Trinajstić information content (AvgIpc) is 3.02. The number of rotatable bonds is 10. The Kier molecular flexibility index (Phi) is 9.32. The molecule has 0 radical (unpaired) electrons. The number of hydrogen-bond acceptors (Lipinski definition) is 6. The Labute approximate surface area is 194 Å². The number of nitriles is 1. The maximum atomic E-state index is 13.1. The summed E-state index contributed by atoms with van der Waals surface area (Å²) in [6.45, 7) is 12.4. The highest BCUT2D eigenvalue weighted by Crippen LogP contribution is 2.36. The van der Waals surface area contributed by atoms with E-state index in [1.165, 1.54) is 11.8 Å². The summed E-state index contributed by atoms with van der Waals surface area (Å²) in [6, 6.07) is 2.07. The minimum absolute atomic E-state index is 0.0934. The van der Waals surface area contributed by atoms with Crippen molar-refractivity contribution in [1.82, 2.24) is 9.47 Å². The molecule has 1 aromatic rings. The fraction of sp³-hybridized carbons (Fsp3) is 0.565. The molecule has 1 amide bonds. The van der Waals surface area contributed by atoms with Gasteiger partial charge in [-0.1, -0.05) is 50.2 Å². The number of thiocarbonyl (C=S) groups is 1. The molecule has 1 fully saturated rings. The van der Waals surface area contributed by atoms with E-state index in [1.54, 1.807) is 16.4 Å². The number of thioether (sulfide) groups is 1. The van der Waals surface area contributed by atoms with Gasteiger partial charge in [0.2, 0.25) is 0 Å². The van der Waals surface area contributed by atoms with Gasteiger partial charge in [0.05, 0.1) is 4.91 Å². The molecule has 2 heterocycles. The summed E-state index contributed by atoms with van der Waals surface area (Å²) in [7, 11) is 0. The molecule has 0 N–H and O–H groups in total. The monoisotopic (exact) mass is 460 g/mol. The predicted molar refractivity (Wildman–Crippen MR) is 133 cm³/mol. The summed E-state index contributed by atoms with van der Waals surface area (Å²) >= 11 is 6.77. The lowest BCUT2D eigenvalue weighted by Crippen LogP contribution is -2.34. The highest BCUT2D eigenvalue weighted by atomic mass is 32.2. The van der Waals surface area contributed by atoms with Gasteiger partial charge in [0.25, 0.3) is 11.5 Å². The van der Waals surface area contributed by atoms with Crippen LogP contribution in [-0.2, 0) is 11.3 Å². The topological polar surface area (TPSA) is 69.3 Å². The maximum absolute atomic E-state index is 13.1. The van der Waals surface area contributed by atoms with Crippen LogP contribution in [0.2, 0.25) is 0 Å². The van der Waals surface area contributed by atoms with Crippen LogP contribution >= 0.6 is 24.0 Å². The number of carbonyl (C=O) groups excluding carboxylic acids is 1. The number of carbonyl (C=O) groups is 1. The third-order valence-electron chi connectivity index (χ3n) is 5.61. The first-order valence-electron chi connectivity index (χ1n) is 11.0. The molecule has 8 heteroatoms. The molecular weight excluding hydrogens is 428 g/mol. The average molecular weight is 461 g/mol. The summed E-state index contributed by atoms with van der Waals surface area (Å²) in [5.74, 6) is 0.659. The van der Waals surface area contributed by atoms with Gasteiger partial charge in [0.1, 0.15) is 21.8 Å². The molecule has 0 unspecified atom stereocenters. The lowest BCUT2D eigenvalue weighted by atomic mass is 10.0. The van der Waals surface area contributed by atoms with Gasteiger partial charge in [0, 0.05) is 31.7 Å². The third kappa shape index (κ3) is 5.21. The van der Waals surface area contributed by atoms with Crippen molar-refractivity contribution in [3.05, 3.63) is 31.9 Å². The third-order valence-corrected chi connectivity index (χ3v) is 6.99. The van der Waals surface area contributed by atoms with Crippen LogP contribution < -0.4 is 10.5 Å². The number of amides is 1. The molecular formula is C23H32N4O2S2. The number of nitrogens with zero attached hydrogens (tertiary/aromatic N) is 4. The van der Waals surface area contributed by atoms with Crippen molar-refractivity contribution in [2.75, 3.05) is 24.5 Å². The van der Waals surface area contributed by atoms with Crippen LogP contribution in [0.5, 0.6) is 0 Å². The van der Waals surface area contributed by atoms with Gasteiger partial charge >= 0.3 is 0 Å². The van der Waals surface area contributed by atoms with E-state index in [0.29, 0.717) is 41.0 Å². The van der Waals surface area contributed by atoms with E-state index < -0.39 is 0 Å². The summed E-state index contributed by atoms with van der Waals surface area (Å²) in [4.78, 5) is 30.3. The van der Waals surface area contributed by atoms with Crippen LogP contribution in [0, 0.1) is 18.3 Å². The van der Waals surface area contributed by atoms with Gasteiger partial charge in [-0.2, -0.15) is 5.26 Å². The number of aromatic nitrogens is 1. The van der Waals surface area contributed by atoms with Gasteiger partial charge < -0.3 is 4.90 Å². The molecule has 1 aliphatic rings. The van der Waals surface area contributed by atoms with Gasteiger partial charge in [-0.3, -0.25) is 19.1 Å². The Bertz CT molecular complexity index is 971. The van der Waals surface area contributed by atoms with Crippen molar-refractivity contribution in [3.8, 4) is 6.07 Å². The molecule has 6 nitrogen and oxygen atoms in total. The normalized spacial score (nSPS) is 15.1. The molecule has 1 aliphatic heterocycles. The zero-order chi connectivity index (χ0) is 23.1. The summed E-state index contributed by atoms with van der Waals surface area (Å²) < 4.78 is 2.20. The van der Waals surface area contributed by atoms with E-state index in [-0.39, 0.29) is 17.0 Å². The second-order valence-electron chi connectivity index (χ2n) is 7.46. The molecule has 2 rings (SSSR count). The smallest absolute Gasteiger partial charge is 0.270 e. The van der Waals surface area contributed by atoms with Crippen LogP contribution in [0.3, 0.4) is 0 Å². The first kappa shape index (κ1) is 25.2. The van der Waals surface area contributed by atoms with Crippen molar-refractivity contribution in [3.63, 3.8) is 0 Å². The highest BCUT2D eigenvalue weighted by molar-refractivity contribution is 8.26. The molecule has 0 bridgehead atoms. The highest BCUT2D eigenvalue weighted by Gasteiger charge is 2.32. The van der Waals surface area contributed by atoms with E-state index in [4.69, 9.17) is 12.2 Å². The number of unbranched alkanes of at least 4 members (excludes halogenated alkanes) is 3. The van der Waals surface area contributed by atoms with Gasteiger partial charge in [-0.15, -0.1) is 0 Å².